The first-order valence-electron chi connectivity index (χ1n) is 11.9. The maximum atomic E-state index is 13.3. The van der Waals surface area contributed by atoms with Gasteiger partial charge >= 0.3 is 0 Å². The molecule has 6 nitrogen and oxygen atoms in total. The Morgan fingerprint density at radius 2 is 1.43 bits per heavy atom. The number of imidazole rings is 2. The molecule has 1 N–H and O–H groups in total. The molecule has 0 bridgehead atoms. The zero-order valence-corrected chi connectivity index (χ0v) is 25.4. The van der Waals surface area contributed by atoms with E-state index in [0.717, 1.165) is 20.3 Å². The molecular formula is C29H25Br2ClF4N6. The second-order valence-corrected chi connectivity index (χ2v) is 10.7. The molecule has 4 aromatic heterocycles. The molecule has 0 aliphatic rings. The Morgan fingerprint density at radius 1 is 0.857 bits per heavy atom. The number of rotatable bonds is 3. The van der Waals surface area contributed by atoms with Gasteiger partial charge in [0.2, 0.25) is 0 Å². The van der Waals surface area contributed by atoms with Crippen molar-refractivity contribution in [2.75, 3.05) is 0 Å². The maximum absolute atomic E-state index is 13.3. The molecule has 0 fully saturated rings. The lowest BCUT2D eigenvalue weighted by molar-refractivity contribution is 0.150. The number of benzene rings is 2. The fourth-order valence-corrected chi connectivity index (χ4v) is 4.87. The average molecular weight is 729 g/mol. The lowest BCUT2D eigenvalue weighted by Crippen LogP contribution is -2.02. The van der Waals surface area contributed by atoms with E-state index in [0.29, 0.717) is 21.8 Å². The van der Waals surface area contributed by atoms with Gasteiger partial charge < -0.3 is 4.98 Å². The topological polar surface area (TPSA) is 72.3 Å². The van der Waals surface area contributed by atoms with Crippen LogP contribution >= 0.6 is 43.5 Å². The highest BCUT2D eigenvalue weighted by atomic mass is 79.9. The Hall–Kier alpha value is -3.35. The number of pyridine rings is 2. The first kappa shape index (κ1) is 33.2. The SMILES string of the molecule is C.Cc1cn(-c2nc3cccc(Br)c3cc2C(F)F)cn1.Cc1cnc[nH]1.FC(F)c1cc2c(Br)cccc2nc1Cl. The van der Waals surface area contributed by atoms with E-state index in [4.69, 9.17) is 11.6 Å². The van der Waals surface area contributed by atoms with E-state index in [1.807, 2.05) is 13.0 Å². The molecule has 2 aromatic carbocycles. The normalized spacial score (nSPS) is 10.7. The van der Waals surface area contributed by atoms with Crippen molar-refractivity contribution >= 4 is 65.3 Å². The molecule has 0 amide bonds. The van der Waals surface area contributed by atoms with Crippen LogP contribution in [0, 0.1) is 13.8 Å². The van der Waals surface area contributed by atoms with Gasteiger partial charge in [-0.25, -0.2) is 37.5 Å². The Kier molecular flexibility index (Phi) is 11.6. The summed E-state index contributed by atoms with van der Waals surface area (Å²) in [5.41, 5.74) is 2.76. The van der Waals surface area contributed by atoms with Crippen LogP contribution in [0.1, 0.15) is 42.8 Å². The number of aromatic amines is 1. The molecule has 42 heavy (non-hydrogen) atoms. The highest BCUT2D eigenvalue weighted by Gasteiger charge is 2.18. The molecule has 0 spiro atoms. The Balaban J connectivity index is 0.000000194. The van der Waals surface area contributed by atoms with Crippen molar-refractivity contribution in [2.45, 2.75) is 34.1 Å². The summed E-state index contributed by atoms with van der Waals surface area (Å²) >= 11 is 12.3. The van der Waals surface area contributed by atoms with Crippen LogP contribution < -0.4 is 0 Å². The molecule has 220 valence electrons. The number of nitrogens with zero attached hydrogens (tertiary/aromatic N) is 5. The van der Waals surface area contributed by atoms with Gasteiger partial charge in [-0.1, -0.05) is 63.0 Å². The van der Waals surface area contributed by atoms with E-state index in [-0.39, 0.29) is 29.5 Å². The second kappa shape index (κ2) is 14.7. The van der Waals surface area contributed by atoms with Crippen molar-refractivity contribution in [3.63, 3.8) is 0 Å². The van der Waals surface area contributed by atoms with E-state index in [2.05, 4.69) is 56.8 Å². The van der Waals surface area contributed by atoms with Gasteiger partial charge in [0.05, 0.1) is 34.2 Å². The lowest BCUT2D eigenvalue weighted by Gasteiger charge is -2.11. The predicted octanol–water partition coefficient (Wildman–Crippen LogP) is 10.4. The first-order valence-corrected chi connectivity index (χ1v) is 13.9. The van der Waals surface area contributed by atoms with Crippen LogP contribution in [0.3, 0.4) is 0 Å². The number of hydrogen-bond donors (Lipinski definition) is 1. The summed E-state index contributed by atoms with van der Waals surface area (Å²) in [5.74, 6) is 0.214. The van der Waals surface area contributed by atoms with Crippen molar-refractivity contribution < 1.29 is 17.6 Å². The van der Waals surface area contributed by atoms with Crippen LogP contribution in [0.4, 0.5) is 17.6 Å². The molecule has 13 heteroatoms. The third-order valence-electron chi connectivity index (χ3n) is 5.66. The van der Waals surface area contributed by atoms with Crippen LogP contribution in [0.5, 0.6) is 0 Å². The second-order valence-electron chi connectivity index (χ2n) is 8.64. The number of halogens is 7. The zero-order valence-electron chi connectivity index (χ0n) is 21.5. The summed E-state index contributed by atoms with van der Waals surface area (Å²) in [6.07, 6.45) is 1.40. The third-order valence-corrected chi connectivity index (χ3v) is 7.35. The van der Waals surface area contributed by atoms with Crippen LogP contribution in [0.2, 0.25) is 5.15 Å². The van der Waals surface area contributed by atoms with Gasteiger partial charge in [0.25, 0.3) is 12.9 Å². The summed E-state index contributed by atoms with van der Waals surface area (Å²) in [7, 11) is 0. The van der Waals surface area contributed by atoms with Crippen LogP contribution in [-0.2, 0) is 0 Å². The summed E-state index contributed by atoms with van der Waals surface area (Å²) < 4.78 is 54.7. The van der Waals surface area contributed by atoms with Gasteiger partial charge in [0.1, 0.15) is 17.3 Å². The molecule has 0 radical (unpaired) electrons. The minimum atomic E-state index is -2.61. The van der Waals surface area contributed by atoms with Crippen molar-refractivity contribution in [2.24, 2.45) is 0 Å². The average Bonchev–Trinajstić information content (AvgIpc) is 3.59. The van der Waals surface area contributed by atoms with Crippen LogP contribution in [0.15, 0.2) is 82.5 Å². The number of aryl methyl sites for hydroxylation is 2. The molecule has 0 saturated carbocycles. The predicted molar refractivity (Wildman–Crippen MR) is 166 cm³/mol. The van der Waals surface area contributed by atoms with Crippen molar-refractivity contribution in [3.8, 4) is 5.82 Å². The van der Waals surface area contributed by atoms with Crippen LogP contribution in [-0.4, -0.2) is 29.5 Å². The summed E-state index contributed by atoms with van der Waals surface area (Å²) in [4.78, 5) is 19.0. The molecule has 0 aliphatic carbocycles. The smallest absolute Gasteiger partial charge is 0.267 e. The highest BCUT2D eigenvalue weighted by molar-refractivity contribution is 9.11. The number of alkyl halides is 4. The molecule has 6 rings (SSSR count). The number of H-pyrrole nitrogens is 1. The summed E-state index contributed by atoms with van der Waals surface area (Å²) in [5, 5.41) is 1.16. The molecule has 0 aliphatic heterocycles. The first-order chi connectivity index (χ1) is 19.5. The standard InChI is InChI=1S/C14H10BrF2N3.C10H5BrClF2N.C4H6N2.CH4/c1-8-6-20(7-18-8)14-10(13(16)17)5-9-11(15)3-2-4-12(9)19-14;11-7-2-1-3-8-5(7)4-6(10(13)14)9(12)15-8;1-4-2-5-3-6-4;/h2-7,13H,1H3;1-4,10H;2-3H,1H3,(H,5,6);1H4. The van der Waals surface area contributed by atoms with E-state index >= 15 is 0 Å². The van der Waals surface area contributed by atoms with Gasteiger partial charge in [-0.2, -0.15) is 0 Å². The minimum Gasteiger partial charge on any atom is -0.349 e. The minimum absolute atomic E-state index is 0. The monoisotopic (exact) mass is 726 g/mol. The lowest BCUT2D eigenvalue weighted by atomic mass is 10.1. The van der Waals surface area contributed by atoms with E-state index < -0.39 is 12.9 Å². The molecule has 6 aromatic rings. The number of nitrogens with one attached hydrogen (secondary N) is 1. The highest BCUT2D eigenvalue weighted by Crippen LogP contribution is 2.33. The summed E-state index contributed by atoms with van der Waals surface area (Å²) in [6, 6.07) is 13.5. The molecule has 4 heterocycles. The number of aromatic nitrogens is 6. The Morgan fingerprint density at radius 3 is 1.88 bits per heavy atom. The van der Waals surface area contributed by atoms with E-state index in [1.165, 1.54) is 23.0 Å². The molecule has 0 atom stereocenters. The van der Waals surface area contributed by atoms with Gasteiger partial charge in [0, 0.05) is 37.8 Å². The molecule has 0 saturated heterocycles. The van der Waals surface area contributed by atoms with Crippen molar-refractivity contribution in [1.82, 2.24) is 29.5 Å². The Labute approximate surface area is 261 Å². The van der Waals surface area contributed by atoms with Crippen molar-refractivity contribution in [3.05, 3.63) is 110 Å². The zero-order chi connectivity index (χ0) is 29.7. The largest absolute Gasteiger partial charge is 0.349 e. The summed E-state index contributed by atoms with van der Waals surface area (Å²) in [6.45, 7) is 3.77. The number of fused-ring (bicyclic) bond motifs is 2. The van der Waals surface area contributed by atoms with E-state index in [1.54, 1.807) is 56.0 Å². The van der Waals surface area contributed by atoms with Gasteiger partial charge in [-0.15, -0.1) is 0 Å². The number of hydrogen-bond acceptors (Lipinski definition) is 4. The van der Waals surface area contributed by atoms with Crippen LogP contribution in [0.25, 0.3) is 27.6 Å². The fraction of sp³-hybridized carbons (Fsp3) is 0.172. The fourth-order valence-electron chi connectivity index (χ4n) is 3.70. The maximum Gasteiger partial charge on any atom is 0.267 e. The van der Waals surface area contributed by atoms with Gasteiger partial charge in [-0.05, 0) is 50.2 Å². The van der Waals surface area contributed by atoms with Crippen molar-refractivity contribution in [1.29, 1.82) is 0 Å². The Bertz CT molecular complexity index is 1780. The van der Waals surface area contributed by atoms with Gasteiger partial charge in [0.15, 0.2) is 0 Å². The molecule has 0 unspecified atom stereocenters. The van der Waals surface area contributed by atoms with Gasteiger partial charge in [-0.3, -0.25) is 4.57 Å². The third kappa shape index (κ3) is 7.93. The quantitative estimate of drug-likeness (QED) is 0.145. The van der Waals surface area contributed by atoms with E-state index in [9.17, 15) is 17.6 Å². The molecular weight excluding hydrogens is 704 g/mol.